The first-order valence-electron chi connectivity index (χ1n) is 4.99. The van der Waals surface area contributed by atoms with Gasteiger partial charge in [0.1, 0.15) is 5.82 Å². The molecular weight excluding hydrogens is 202 g/mol. The summed E-state index contributed by atoms with van der Waals surface area (Å²) in [6.45, 7) is 4.15. The molecule has 0 amide bonds. The first-order valence-corrected chi connectivity index (χ1v) is 5.37. The van der Waals surface area contributed by atoms with Crippen LogP contribution in [0.4, 0.5) is 0 Å². The molecule has 0 N–H and O–H groups in total. The lowest BCUT2D eigenvalue weighted by Gasteiger charge is -2.06. The van der Waals surface area contributed by atoms with Gasteiger partial charge in [-0.15, -0.1) is 10.2 Å². The van der Waals surface area contributed by atoms with E-state index in [0.717, 1.165) is 19.0 Å². The molecule has 4 nitrogen and oxygen atoms in total. The van der Waals surface area contributed by atoms with Gasteiger partial charge in [-0.25, -0.2) is 0 Å². The minimum Gasteiger partial charge on any atom is -0.380 e. The van der Waals surface area contributed by atoms with Gasteiger partial charge in [-0.05, 0) is 31.4 Å². The van der Waals surface area contributed by atoms with Crippen molar-refractivity contribution < 1.29 is 4.74 Å². The Labute approximate surface area is 88.2 Å². The highest BCUT2D eigenvalue weighted by atomic mass is 35.5. The van der Waals surface area contributed by atoms with Crippen molar-refractivity contribution in [3.05, 3.63) is 11.1 Å². The molecule has 1 aromatic rings. The first kappa shape index (κ1) is 9.93. The molecule has 0 atom stereocenters. The molecule has 1 fully saturated rings. The summed E-state index contributed by atoms with van der Waals surface area (Å²) in [5.41, 5.74) is 0. The molecular formula is C9H14ClN3O. The Morgan fingerprint density at radius 3 is 2.93 bits per heavy atom. The molecule has 2 rings (SSSR count). The topological polar surface area (TPSA) is 39.9 Å². The Morgan fingerprint density at radius 2 is 2.29 bits per heavy atom. The van der Waals surface area contributed by atoms with E-state index in [2.05, 4.69) is 10.2 Å². The minimum absolute atomic E-state index is 0.478. The highest BCUT2D eigenvalue weighted by Crippen LogP contribution is 2.39. The smallest absolute Gasteiger partial charge is 0.225 e. The van der Waals surface area contributed by atoms with Crippen LogP contribution in [0.25, 0.3) is 0 Å². The lowest BCUT2D eigenvalue weighted by Crippen LogP contribution is -2.09. The van der Waals surface area contributed by atoms with E-state index in [9.17, 15) is 0 Å². The summed E-state index contributed by atoms with van der Waals surface area (Å²) in [6, 6.07) is 0. The summed E-state index contributed by atoms with van der Waals surface area (Å²) in [5.74, 6) is 1.60. The van der Waals surface area contributed by atoms with Crippen LogP contribution in [0.5, 0.6) is 0 Å². The Balaban J connectivity index is 2.02. The standard InChI is InChI=1S/C9H14ClN3O/c1-2-14-6-5-13-8(7-3-4-7)11-12-9(13)10/h7H,2-6H2,1H3. The fourth-order valence-corrected chi connectivity index (χ4v) is 1.65. The van der Waals surface area contributed by atoms with Gasteiger partial charge in [0.05, 0.1) is 13.2 Å². The van der Waals surface area contributed by atoms with Gasteiger partial charge < -0.3 is 4.74 Å². The number of halogens is 1. The van der Waals surface area contributed by atoms with Gasteiger partial charge in [-0.3, -0.25) is 4.57 Å². The molecule has 14 heavy (non-hydrogen) atoms. The van der Waals surface area contributed by atoms with Crippen LogP contribution in [-0.2, 0) is 11.3 Å². The van der Waals surface area contributed by atoms with Gasteiger partial charge in [-0.2, -0.15) is 0 Å². The zero-order chi connectivity index (χ0) is 9.97. The molecule has 1 saturated carbocycles. The highest BCUT2D eigenvalue weighted by molar-refractivity contribution is 6.28. The maximum Gasteiger partial charge on any atom is 0.225 e. The van der Waals surface area contributed by atoms with Crippen molar-refractivity contribution in [1.82, 2.24) is 14.8 Å². The molecule has 0 saturated heterocycles. The predicted octanol–water partition coefficient (Wildman–Crippen LogP) is 1.85. The second-order valence-corrected chi connectivity index (χ2v) is 3.79. The van der Waals surface area contributed by atoms with Gasteiger partial charge in [0.15, 0.2) is 0 Å². The molecule has 1 aliphatic carbocycles. The Hall–Kier alpha value is -0.610. The number of aromatic nitrogens is 3. The van der Waals surface area contributed by atoms with Crippen LogP contribution in [0.3, 0.4) is 0 Å². The number of rotatable bonds is 5. The van der Waals surface area contributed by atoms with E-state index < -0.39 is 0 Å². The summed E-state index contributed by atoms with van der Waals surface area (Å²) in [7, 11) is 0. The van der Waals surface area contributed by atoms with Crippen molar-refractivity contribution in [2.24, 2.45) is 0 Å². The second kappa shape index (κ2) is 4.28. The van der Waals surface area contributed by atoms with Crippen molar-refractivity contribution in [3.8, 4) is 0 Å². The molecule has 0 radical (unpaired) electrons. The molecule has 0 unspecified atom stereocenters. The summed E-state index contributed by atoms with van der Waals surface area (Å²) in [4.78, 5) is 0. The number of ether oxygens (including phenoxy) is 1. The van der Waals surface area contributed by atoms with Crippen LogP contribution >= 0.6 is 11.6 Å². The van der Waals surface area contributed by atoms with Gasteiger partial charge >= 0.3 is 0 Å². The SMILES string of the molecule is CCOCCn1c(Cl)nnc1C1CC1. The van der Waals surface area contributed by atoms with Crippen LogP contribution < -0.4 is 0 Å². The summed E-state index contributed by atoms with van der Waals surface area (Å²) in [5, 5.41) is 8.44. The normalized spacial score (nSPS) is 16.1. The van der Waals surface area contributed by atoms with Crippen molar-refractivity contribution in [2.75, 3.05) is 13.2 Å². The van der Waals surface area contributed by atoms with Crippen LogP contribution in [0.15, 0.2) is 0 Å². The van der Waals surface area contributed by atoms with E-state index >= 15 is 0 Å². The Morgan fingerprint density at radius 1 is 1.50 bits per heavy atom. The van der Waals surface area contributed by atoms with E-state index in [-0.39, 0.29) is 0 Å². The molecule has 1 heterocycles. The van der Waals surface area contributed by atoms with Crippen LogP contribution in [0.2, 0.25) is 5.28 Å². The van der Waals surface area contributed by atoms with Crippen molar-refractivity contribution in [3.63, 3.8) is 0 Å². The molecule has 0 bridgehead atoms. The Bertz CT molecular complexity index is 309. The molecule has 1 aromatic heterocycles. The number of hydrogen-bond acceptors (Lipinski definition) is 3. The van der Waals surface area contributed by atoms with Crippen LogP contribution in [-0.4, -0.2) is 28.0 Å². The van der Waals surface area contributed by atoms with E-state index in [1.54, 1.807) is 0 Å². The number of hydrogen-bond donors (Lipinski definition) is 0. The fourth-order valence-electron chi connectivity index (χ4n) is 1.45. The van der Waals surface area contributed by atoms with Crippen molar-refractivity contribution >= 4 is 11.6 Å². The zero-order valence-corrected chi connectivity index (χ0v) is 9.00. The third kappa shape index (κ3) is 2.07. The molecule has 0 spiro atoms. The molecule has 5 heteroatoms. The van der Waals surface area contributed by atoms with E-state index in [4.69, 9.17) is 16.3 Å². The Kier molecular flexibility index (Phi) is 3.03. The largest absolute Gasteiger partial charge is 0.380 e. The van der Waals surface area contributed by atoms with E-state index in [1.165, 1.54) is 12.8 Å². The van der Waals surface area contributed by atoms with Crippen LogP contribution in [0.1, 0.15) is 31.5 Å². The third-order valence-corrected chi connectivity index (χ3v) is 2.62. The lowest BCUT2D eigenvalue weighted by atomic mass is 10.4. The van der Waals surface area contributed by atoms with E-state index in [0.29, 0.717) is 17.8 Å². The van der Waals surface area contributed by atoms with Gasteiger partial charge in [-0.1, -0.05) is 0 Å². The van der Waals surface area contributed by atoms with Gasteiger partial charge in [0, 0.05) is 12.5 Å². The second-order valence-electron chi connectivity index (χ2n) is 3.45. The maximum atomic E-state index is 5.93. The van der Waals surface area contributed by atoms with Gasteiger partial charge in [0.2, 0.25) is 5.28 Å². The molecule has 0 aromatic carbocycles. The predicted molar refractivity (Wildman–Crippen MR) is 53.5 cm³/mol. The average molecular weight is 216 g/mol. The summed E-state index contributed by atoms with van der Waals surface area (Å²) < 4.78 is 7.24. The maximum absolute atomic E-state index is 5.93. The zero-order valence-electron chi connectivity index (χ0n) is 8.24. The summed E-state index contributed by atoms with van der Waals surface area (Å²) >= 11 is 5.93. The highest BCUT2D eigenvalue weighted by Gasteiger charge is 2.29. The third-order valence-electron chi connectivity index (χ3n) is 2.34. The lowest BCUT2D eigenvalue weighted by molar-refractivity contribution is 0.138. The first-order chi connectivity index (χ1) is 6.83. The van der Waals surface area contributed by atoms with Crippen LogP contribution in [0, 0.1) is 0 Å². The molecule has 1 aliphatic rings. The fraction of sp³-hybridized carbons (Fsp3) is 0.778. The molecule has 78 valence electrons. The quantitative estimate of drug-likeness (QED) is 0.704. The van der Waals surface area contributed by atoms with Crippen molar-refractivity contribution in [2.45, 2.75) is 32.2 Å². The number of nitrogens with zero attached hydrogens (tertiary/aromatic N) is 3. The summed E-state index contributed by atoms with van der Waals surface area (Å²) in [6.07, 6.45) is 2.42. The van der Waals surface area contributed by atoms with E-state index in [1.807, 2.05) is 11.5 Å². The van der Waals surface area contributed by atoms with Gasteiger partial charge in [0.25, 0.3) is 0 Å². The van der Waals surface area contributed by atoms with Crippen molar-refractivity contribution in [1.29, 1.82) is 0 Å². The minimum atomic E-state index is 0.478. The molecule has 0 aliphatic heterocycles. The average Bonchev–Trinajstić information content (AvgIpc) is 2.95. The monoisotopic (exact) mass is 215 g/mol.